The van der Waals surface area contributed by atoms with Gasteiger partial charge in [0.05, 0.1) is 0 Å². The Morgan fingerprint density at radius 3 is 0.615 bits per heavy atom. The van der Waals surface area contributed by atoms with E-state index in [1.165, 1.54) is 55.6 Å². The van der Waals surface area contributed by atoms with Gasteiger partial charge in [-0.3, -0.25) is 13.6 Å². The third kappa shape index (κ3) is 7.35. The van der Waals surface area contributed by atoms with Gasteiger partial charge in [0.1, 0.15) is 0 Å². The molecule has 154 valence electrons. The van der Waals surface area contributed by atoms with Crippen LogP contribution in [0, 0.1) is 69.2 Å². The Morgan fingerprint density at radius 1 is 0.462 bits per heavy atom. The van der Waals surface area contributed by atoms with Gasteiger partial charge >= 0.3 is 0 Å². The fourth-order valence-electron chi connectivity index (χ4n) is 2.81. The van der Waals surface area contributed by atoms with E-state index in [-0.39, 0.29) is 33.6 Å². The van der Waals surface area contributed by atoms with Gasteiger partial charge in [-0.05, 0) is 0 Å². The van der Waals surface area contributed by atoms with Crippen molar-refractivity contribution in [1.29, 1.82) is 0 Å². The van der Waals surface area contributed by atoms with Crippen molar-refractivity contribution in [2.24, 2.45) is 0 Å². The number of hydrogen-bond acceptors (Lipinski definition) is 2. The Hall–Kier alpha value is -0.947. The summed E-state index contributed by atoms with van der Waals surface area (Å²) in [6.07, 6.45) is 0. The second-order valence-electron chi connectivity index (χ2n) is 6.25. The molecule has 0 aliphatic heterocycles. The molecule has 26 heavy (non-hydrogen) atoms. The van der Waals surface area contributed by atoms with Crippen molar-refractivity contribution in [2.75, 3.05) is 0 Å². The van der Waals surface area contributed by atoms with Crippen molar-refractivity contribution < 1.29 is 43.1 Å². The van der Waals surface area contributed by atoms with E-state index in [0.29, 0.717) is 0 Å². The first-order valence-corrected chi connectivity index (χ1v) is 7.97. The molecule has 2 aromatic carbocycles. The van der Waals surface area contributed by atoms with Crippen molar-refractivity contribution >= 4 is 13.6 Å². The molecule has 0 N–H and O–H groups in total. The normalized spacial score (nSPS) is 8.38. The minimum absolute atomic E-state index is 0. The van der Waals surface area contributed by atoms with Gasteiger partial charge in [0, 0.05) is 33.6 Å². The van der Waals surface area contributed by atoms with Gasteiger partial charge in [0.2, 0.25) is 0 Å². The van der Waals surface area contributed by atoms with Crippen molar-refractivity contribution in [2.45, 2.75) is 69.2 Å². The Bertz CT molecular complexity index is 446. The Balaban J connectivity index is -0.000000147. The molecule has 0 bridgehead atoms. The minimum Gasteiger partial charge on any atom is -0.545 e. The molecule has 0 spiro atoms. The summed E-state index contributed by atoms with van der Waals surface area (Å²) in [5.41, 5.74) is 14.7. The summed E-state index contributed by atoms with van der Waals surface area (Å²) in [6, 6.07) is 0. The van der Waals surface area contributed by atoms with Gasteiger partial charge < -0.3 is 9.59 Å². The Kier molecular flexibility index (Phi) is 19.0. The van der Waals surface area contributed by atoms with Crippen LogP contribution >= 0.6 is 0 Å². The quantitative estimate of drug-likeness (QED) is 0.404. The summed E-state index contributed by atoms with van der Waals surface area (Å²) in [6.45, 7) is 28.5. The topological polar surface area (TPSA) is 34.1 Å². The Labute approximate surface area is 181 Å². The largest absolute Gasteiger partial charge is 0.545 e. The van der Waals surface area contributed by atoms with E-state index in [9.17, 15) is 0 Å². The maximum absolute atomic E-state index is 7.75. The molecule has 4 heteroatoms. The zero-order valence-corrected chi connectivity index (χ0v) is 19.7. The van der Waals surface area contributed by atoms with Crippen molar-refractivity contribution in [3.8, 4) is 0 Å². The summed E-state index contributed by atoms with van der Waals surface area (Å²) in [5, 5.41) is 0. The van der Waals surface area contributed by atoms with Crippen LogP contribution in [0.15, 0.2) is 0 Å². The fraction of sp³-hybridized carbons (Fsp3) is 0.455. The summed E-state index contributed by atoms with van der Waals surface area (Å²) < 4.78 is 0. The molecule has 0 saturated carbocycles. The molecule has 2 aromatic rings. The van der Waals surface area contributed by atoms with E-state index in [0.717, 1.165) is 0 Å². The summed E-state index contributed by atoms with van der Waals surface area (Å²) >= 11 is 0. The molecular weight excluding hydrogens is 414 g/mol. The predicted octanol–water partition coefficient (Wildman–Crippen LogP) is 5.34. The van der Waals surface area contributed by atoms with Gasteiger partial charge in [-0.15, -0.1) is 0 Å². The Morgan fingerprint density at radius 2 is 0.577 bits per heavy atom. The van der Waals surface area contributed by atoms with E-state index < -0.39 is 0 Å². The fourth-order valence-corrected chi connectivity index (χ4v) is 2.81. The molecule has 0 saturated heterocycles. The molecule has 0 aliphatic carbocycles. The van der Waals surface area contributed by atoms with Crippen LogP contribution < -0.4 is 0 Å². The molecule has 0 aliphatic rings. The standard InChI is InChI=1S/2C10H15.2CHO.2Co/c2*1-6-7(2)9(4)10(5)8(6)3;2*1-2;;/h2*1-5H3;2*1H;;/q4*-1;;. The number of hydrogen-bond donors (Lipinski definition) is 0. The van der Waals surface area contributed by atoms with Crippen molar-refractivity contribution in [1.82, 2.24) is 0 Å². The molecule has 2 nitrogen and oxygen atoms in total. The van der Waals surface area contributed by atoms with Gasteiger partial charge in [0.25, 0.3) is 0 Å². The molecular formula is C22H32Co2O2-4. The smallest absolute Gasteiger partial charge is 0 e. The average Bonchev–Trinajstić information content (AvgIpc) is 2.89. The third-order valence-corrected chi connectivity index (χ3v) is 5.62. The van der Waals surface area contributed by atoms with Crippen LogP contribution in [-0.4, -0.2) is 13.6 Å². The van der Waals surface area contributed by atoms with E-state index in [4.69, 9.17) is 9.59 Å². The maximum Gasteiger partial charge on any atom is 0 e. The van der Waals surface area contributed by atoms with E-state index >= 15 is 0 Å². The number of carbonyl (C=O) groups excluding carboxylic acids is 2. The van der Waals surface area contributed by atoms with Crippen LogP contribution in [0.5, 0.6) is 0 Å². The average molecular weight is 446 g/mol. The summed E-state index contributed by atoms with van der Waals surface area (Å²) in [7, 11) is 0. The van der Waals surface area contributed by atoms with Crippen LogP contribution in [-0.2, 0) is 43.1 Å². The first-order chi connectivity index (χ1) is 11.1. The van der Waals surface area contributed by atoms with Crippen molar-refractivity contribution in [3.63, 3.8) is 0 Å². The van der Waals surface area contributed by atoms with Gasteiger partial charge in [-0.2, -0.15) is 55.6 Å². The molecule has 2 rings (SSSR count). The van der Waals surface area contributed by atoms with Crippen LogP contribution in [0.2, 0.25) is 0 Å². The molecule has 2 radical (unpaired) electrons. The SMILES string of the molecule is Cc1c(C)c(C)[c-](C)c1C.Cc1c(C)c(C)[c-](C)c1C.[CH-]=O.[CH-]=O.[Co].[Co]. The number of rotatable bonds is 0. The van der Waals surface area contributed by atoms with E-state index in [1.807, 2.05) is 0 Å². The molecule has 0 atom stereocenters. The van der Waals surface area contributed by atoms with E-state index in [1.54, 1.807) is 0 Å². The van der Waals surface area contributed by atoms with Gasteiger partial charge in [0.15, 0.2) is 0 Å². The van der Waals surface area contributed by atoms with Crippen molar-refractivity contribution in [3.05, 3.63) is 55.6 Å². The second kappa shape index (κ2) is 15.1. The van der Waals surface area contributed by atoms with E-state index in [2.05, 4.69) is 82.8 Å². The van der Waals surface area contributed by atoms with Crippen LogP contribution in [0.1, 0.15) is 55.6 Å². The van der Waals surface area contributed by atoms with Crippen LogP contribution in [0.3, 0.4) is 0 Å². The zero-order valence-electron chi connectivity index (χ0n) is 17.6. The molecule has 0 heterocycles. The summed E-state index contributed by atoms with van der Waals surface area (Å²) in [5.74, 6) is 0. The first-order valence-electron chi connectivity index (χ1n) is 7.97. The third-order valence-electron chi connectivity index (χ3n) is 5.62. The molecule has 0 aromatic heterocycles. The minimum atomic E-state index is 0. The zero-order chi connectivity index (χ0) is 19.8. The summed E-state index contributed by atoms with van der Waals surface area (Å²) in [4.78, 5) is 15.5. The second-order valence-corrected chi connectivity index (χ2v) is 6.25. The van der Waals surface area contributed by atoms with Crippen LogP contribution in [0.4, 0.5) is 0 Å². The van der Waals surface area contributed by atoms with Crippen LogP contribution in [0.25, 0.3) is 0 Å². The molecule has 0 unspecified atom stereocenters. The predicted molar refractivity (Wildman–Crippen MR) is 105 cm³/mol. The molecule has 0 fully saturated rings. The molecule has 0 amide bonds. The monoisotopic (exact) mass is 446 g/mol. The first kappa shape index (κ1) is 32.7. The van der Waals surface area contributed by atoms with Gasteiger partial charge in [-0.1, -0.05) is 69.2 Å². The van der Waals surface area contributed by atoms with Gasteiger partial charge in [-0.25, -0.2) is 0 Å². The maximum atomic E-state index is 7.75.